The normalized spacial score (nSPS) is 19.9. The quantitative estimate of drug-likeness (QED) is 0.797. The van der Waals surface area contributed by atoms with E-state index < -0.39 is 0 Å². The van der Waals surface area contributed by atoms with Crippen molar-refractivity contribution >= 4 is 17.5 Å². The Balaban J connectivity index is 1.92. The van der Waals surface area contributed by atoms with E-state index in [0.29, 0.717) is 11.4 Å². The van der Waals surface area contributed by atoms with Crippen LogP contribution in [-0.4, -0.2) is 35.9 Å². The molecule has 0 bridgehead atoms. The fraction of sp³-hybridized carbons (Fsp3) is 0.619. The van der Waals surface area contributed by atoms with E-state index in [9.17, 15) is 9.59 Å². The molecule has 0 unspecified atom stereocenters. The van der Waals surface area contributed by atoms with E-state index in [-0.39, 0.29) is 29.8 Å². The van der Waals surface area contributed by atoms with Gasteiger partial charge in [-0.25, -0.2) is 0 Å². The van der Waals surface area contributed by atoms with Crippen molar-refractivity contribution in [2.75, 3.05) is 18.4 Å². The SMILES string of the molecule is CCN(CC)C(=O)C1CCC(C(=O)Nc2ccccc2OC(C)C)CC1. The summed E-state index contributed by atoms with van der Waals surface area (Å²) >= 11 is 0. The molecule has 26 heavy (non-hydrogen) atoms. The maximum atomic E-state index is 12.7. The average molecular weight is 360 g/mol. The lowest BCUT2D eigenvalue weighted by Crippen LogP contribution is -2.38. The molecule has 0 spiro atoms. The lowest BCUT2D eigenvalue weighted by Gasteiger charge is -2.30. The highest BCUT2D eigenvalue weighted by atomic mass is 16.5. The monoisotopic (exact) mass is 360 g/mol. The molecular formula is C21H32N2O3. The number of benzene rings is 1. The van der Waals surface area contributed by atoms with Crippen molar-refractivity contribution in [2.24, 2.45) is 11.8 Å². The first kappa shape index (κ1) is 20.3. The lowest BCUT2D eigenvalue weighted by molar-refractivity contribution is -0.137. The van der Waals surface area contributed by atoms with Crippen LogP contribution in [0.5, 0.6) is 5.75 Å². The number of amides is 2. The van der Waals surface area contributed by atoms with Crippen LogP contribution in [0.1, 0.15) is 53.4 Å². The molecule has 2 rings (SSSR count). The van der Waals surface area contributed by atoms with Crippen LogP contribution in [0.25, 0.3) is 0 Å². The number of hydrogen-bond donors (Lipinski definition) is 1. The second kappa shape index (κ2) is 9.60. The summed E-state index contributed by atoms with van der Waals surface area (Å²) in [5, 5.41) is 3.02. The van der Waals surface area contributed by atoms with E-state index in [2.05, 4.69) is 5.32 Å². The molecular weight excluding hydrogens is 328 g/mol. The minimum Gasteiger partial charge on any atom is -0.489 e. The van der Waals surface area contributed by atoms with Crippen LogP contribution in [0, 0.1) is 11.8 Å². The van der Waals surface area contributed by atoms with E-state index >= 15 is 0 Å². The molecule has 0 heterocycles. The molecule has 0 atom stereocenters. The molecule has 2 amide bonds. The van der Waals surface area contributed by atoms with Crippen LogP contribution >= 0.6 is 0 Å². The Bertz CT molecular complexity index is 603. The van der Waals surface area contributed by atoms with E-state index in [1.54, 1.807) is 0 Å². The van der Waals surface area contributed by atoms with Crippen LogP contribution < -0.4 is 10.1 Å². The van der Waals surface area contributed by atoms with Gasteiger partial charge in [-0.15, -0.1) is 0 Å². The molecule has 144 valence electrons. The second-order valence-electron chi connectivity index (χ2n) is 7.21. The van der Waals surface area contributed by atoms with Gasteiger partial charge in [0.1, 0.15) is 5.75 Å². The number of para-hydroxylation sites is 2. The van der Waals surface area contributed by atoms with Gasteiger partial charge >= 0.3 is 0 Å². The van der Waals surface area contributed by atoms with Crippen LogP contribution in [0.3, 0.4) is 0 Å². The van der Waals surface area contributed by atoms with Crippen molar-refractivity contribution in [2.45, 2.75) is 59.5 Å². The Morgan fingerprint density at radius 1 is 1.08 bits per heavy atom. The van der Waals surface area contributed by atoms with Crippen LogP contribution in [-0.2, 0) is 9.59 Å². The van der Waals surface area contributed by atoms with Gasteiger partial charge in [-0.2, -0.15) is 0 Å². The smallest absolute Gasteiger partial charge is 0.227 e. The van der Waals surface area contributed by atoms with Gasteiger partial charge in [-0.1, -0.05) is 12.1 Å². The number of nitrogens with one attached hydrogen (secondary N) is 1. The maximum Gasteiger partial charge on any atom is 0.227 e. The third kappa shape index (κ3) is 5.23. The molecule has 1 saturated carbocycles. The summed E-state index contributed by atoms with van der Waals surface area (Å²) in [6.07, 6.45) is 3.15. The predicted molar refractivity (Wildman–Crippen MR) is 104 cm³/mol. The highest BCUT2D eigenvalue weighted by Crippen LogP contribution is 2.32. The van der Waals surface area contributed by atoms with Gasteiger partial charge in [0.15, 0.2) is 0 Å². The second-order valence-corrected chi connectivity index (χ2v) is 7.21. The zero-order chi connectivity index (χ0) is 19.1. The number of ether oxygens (including phenoxy) is 1. The van der Waals surface area contributed by atoms with E-state index in [1.165, 1.54) is 0 Å². The molecule has 1 aromatic rings. The van der Waals surface area contributed by atoms with Gasteiger partial charge < -0.3 is 15.0 Å². The molecule has 0 radical (unpaired) electrons. The van der Waals surface area contributed by atoms with Crippen LogP contribution in [0.4, 0.5) is 5.69 Å². The lowest BCUT2D eigenvalue weighted by atomic mass is 9.81. The zero-order valence-corrected chi connectivity index (χ0v) is 16.5. The van der Waals surface area contributed by atoms with Crippen LogP contribution in [0.15, 0.2) is 24.3 Å². The van der Waals surface area contributed by atoms with Crippen molar-refractivity contribution < 1.29 is 14.3 Å². The molecule has 1 aliphatic rings. The number of carbonyl (C=O) groups excluding carboxylic acids is 2. The molecule has 1 fully saturated rings. The van der Waals surface area contributed by atoms with Crippen molar-refractivity contribution in [1.29, 1.82) is 0 Å². The molecule has 5 heteroatoms. The standard InChI is InChI=1S/C21H32N2O3/c1-5-23(6-2)21(25)17-13-11-16(12-14-17)20(24)22-18-9-7-8-10-19(18)26-15(3)4/h7-10,15-17H,5-6,11-14H2,1-4H3,(H,22,24). The highest BCUT2D eigenvalue weighted by Gasteiger charge is 2.31. The molecule has 0 aromatic heterocycles. The third-order valence-electron chi connectivity index (χ3n) is 5.03. The number of anilines is 1. The van der Waals surface area contributed by atoms with Gasteiger partial charge in [-0.3, -0.25) is 9.59 Å². The summed E-state index contributed by atoms with van der Waals surface area (Å²) in [5.74, 6) is 0.989. The van der Waals surface area contributed by atoms with E-state index in [0.717, 1.165) is 38.8 Å². The maximum absolute atomic E-state index is 12.7. The number of carbonyl (C=O) groups is 2. The van der Waals surface area contributed by atoms with Gasteiger partial charge in [0, 0.05) is 24.9 Å². The van der Waals surface area contributed by atoms with Crippen molar-refractivity contribution in [3.8, 4) is 5.75 Å². The summed E-state index contributed by atoms with van der Waals surface area (Å²) in [5.41, 5.74) is 0.715. The number of nitrogens with zero attached hydrogens (tertiary/aromatic N) is 1. The van der Waals surface area contributed by atoms with Gasteiger partial charge in [-0.05, 0) is 65.5 Å². The topological polar surface area (TPSA) is 58.6 Å². The van der Waals surface area contributed by atoms with Crippen molar-refractivity contribution in [3.05, 3.63) is 24.3 Å². The Morgan fingerprint density at radius 2 is 1.65 bits per heavy atom. The molecule has 1 N–H and O–H groups in total. The minimum atomic E-state index is -0.0390. The third-order valence-corrected chi connectivity index (χ3v) is 5.03. The molecule has 0 aliphatic heterocycles. The first-order valence-electron chi connectivity index (χ1n) is 9.81. The van der Waals surface area contributed by atoms with Gasteiger partial charge in [0.2, 0.25) is 11.8 Å². The number of hydrogen-bond acceptors (Lipinski definition) is 3. The zero-order valence-electron chi connectivity index (χ0n) is 16.5. The van der Waals surface area contributed by atoms with Gasteiger partial charge in [0.25, 0.3) is 0 Å². The predicted octanol–water partition coefficient (Wildman–Crippen LogP) is 4.09. The molecule has 1 aromatic carbocycles. The largest absolute Gasteiger partial charge is 0.489 e. The number of rotatable bonds is 7. The van der Waals surface area contributed by atoms with Gasteiger partial charge in [0.05, 0.1) is 11.8 Å². The summed E-state index contributed by atoms with van der Waals surface area (Å²) in [6, 6.07) is 7.53. The molecule has 1 aliphatic carbocycles. The van der Waals surface area contributed by atoms with Crippen molar-refractivity contribution in [1.82, 2.24) is 4.90 Å². The average Bonchev–Trinajstić information content (AvgIpc) is 2.64. The summed E-state index contributed by atoms with van der Waals surface area (Å²) in [6.45, 7) is 9.46. The Hall–Kier alpha value is -2.04. The first-order chi connectivity index (χ1) is 12.5. The first-order valence-corrected chi connectivity index (χ1v) is 9.81. The minimum absolute atomic E-state index is 0.0264. The fourth-order valence-corrected chi connectivity index (χ4v) is 3.56. The molecule has 5 nitrogen and oxygen atoms in total. The Kier molecular flexibility index (Phi) is 7.49. The van der Waals surface area contributed by atoms with E-state index in [1.807, 2.05) is 56.9 Å². The fourth-order valence-electron chi connectivity index (χ4n) is 3.56. The summed E-state index contributed by atoms with van der Waals surface area (Å²) in [4.78, 5) is 27.0. The van der Waals surface area contributed by atoms with Crippen molar-refractivity contribution in [3.63, 3.8) is 0 Å². The summed E-state index contributed by atoms with van der Waals surface area (Å²) in [7, 11) is 0. The molecule has 0 saturated heterocycles. The Labute approximate surface area is 157 Å². The van der Waals surface area contributed by atoms with E-state index in [4.69, 9.17) is 4.74 Å². The summed E-state index contributed by atoms with van der Waals surface area (Å²) < 4.78 is 5.77. The van der Waals surface area contributed by atoms with Crippen LogP contribution in [0.2, 0.25) is 0 Å². The Morgan fingerprint density at radius 3 is 2.23 bits per heavy atom. The highest BCUT2D eigenvalue weighted by molar-refractivity contribution is 5.94.